The number of hydrogen-bond acceptors (Lipinski definition) is 4. The van der Waals surface area contributed by atoms with E-state index in [-0.39, 0.29) is 22.4 Å². The summed E-state index contributed by atoms with van der Waals surface area (Å²) in [5.74, 6) is -7.27. The SMILES string of the molecule is C=C1C=C(c2c(F)c(F)c(Br)c(F)c2F)C=C(C(=O)OC)/C1=N/NC. The van der Waals surface area contributed by atoms with E-state index in [9.17, 15) is 22.4 Å². The Morgan fingerprint density at radius 3 is 2.20 bits per heavy atom. The molecule has 0 fully saturated rings. The van der Waals surface area contributed by atoms with Crippen LogP contribution in [0.15, 0.2) is 39.5 Å². The van der Waals surface area contributed by atoms with Crippen molar-refractivity contribution in [1.29, 1.82) is 0 Å². The maximum Gasteiger partial charge on any atom is 0.340 e. The number of carbonyl (C=O) groups excluding carboxylic acids is 1. The van der Waals surface area contributed by atoms with E-state index in [2.05, 4.69) is 37.8 Å². The van der Waals surface area contributed by atoms with E-state index >= 15 is 0 Å². The van der Waals surface area contributed by atoms with Crippen LogP contribution in [-0.4, -0.2) is 25.8 Å². The lowest BCUT2D eigenvalue weighted by molar-refractivity contribution is -0.135. The Balaban J connectivity index is 2.75. The van der Waals surface area contributed by atoms with Gasteiger partial charge in [-0.25, -0.2) is 22.4 Å². The lowest BCUT2D eigenvalue weighted by Crippen LogP contribution is -2.21. The third kappa shape index (κ3) is 3.23. The molecule has 0 radical (unpaired) electrons. The quantitative estimate of drug-likeness (QED) is 0.268. The van der Waals surface area contributed by atoms with Gasteiger partial charge in [-0.05, 0) is 39.2 Å². The number of halogens is 5. The van der Waals surface area contributed by atoms with Crippen LogP contribution in [0, 0.1) is 23.3 Å². The predicted molar refractivity (Wildman–Crippen MR) is 87.7 cm³/mol. The third-order valence-electron chi connectivity index (χ3n) is 3.32. The molecule has 1 aliphatic carbocycles. The summed E-state index contributed by atoms with van der Waals surface area (Å²) in [7, 11) is 2.56. The second kappa shape index (κ2) is 7.22. The number of ether oxygens (including phenoxy) is 1. The fraction of sp³-hybridized carbons (Fsp3) is 0.125. The average Bonchev–Trinajstić information content (AvgIpc) is 2.59. The van der Waals surface area contributed by atoms with Crippen molar-refractivity contribution in [3.05, 3.63) is 63.2 Å². The number of nitrogens with zero attached hydrogens (tertiary/aromatic N) is 1. The van der Waals surface area contributed by atoms with E-state index in [0.29, 0.717) is 0 Å². The van der Waals surface area contributed by atoms with E-state index < -0.39 is 39.3 Å². The Morgan fingerprint density at radius 2 is 1.72 bits per heavy atom. The maximum absolute atomic E-state index is 14.2. The normalized spacial score (nSPS) is 15.8. The van der Waals surface area contributed by atoms with Crippen LogP contribution in [0.25, 0.3) is 5.57 Å². The highest BCUT2D eigenvalue weighted by Crippen LogP contribution is 2.35. The third-order valence-corrected chi connectivity index (χ3v) is 4.01. The van der Waals surface area contributed by atoms with Crippen LogP contribution in [0.2, 0.25) is 0 Å². The zero-order valence-corrected chi connectivity index (χ0v) is 14.6. The number of rotatable bonds is 3. The summed E-state index contributed by atoms with van der Waals surface area (Å²) >= 11 is 2.44. The first-order valence-electron chi connectivity index (χ1n) is 6.72. The minimum atomic E-state index is -1.61. The molecule has 9 heteroatoms. The number of methoxy groups -OCH3 is 1. The van der Waals surface area contributed by atoms with Crippen LogP contribution in [0.4, 0.5) is 17.6 Å². The molecule has 0 atom stereocenters. The minimum Gasteiger partial charge on any atom is -0.465 e. The zero-order valence-electron chi connectivity index (χ0n) is 13.0. The number of allylic oxidation sites excluding steroid dienone is 4. The molecule has 0 aromatic heterocycles. The summed E-state index contributed by atoms with van der Waals surface area (Å²) in [6.45, 7) is 3.64. The van der Waals surface area contributed by atoms with Gasteiger partial charge in [0.05, 0.1) is 22.7 Å². The fourth-order valence-corrected chi connectivity index (χ4v) is 2.55. The molecule has 0 saturated carbocycles. The fourth-order valence-electron chi connectivity index (χ4n) is 2.21. The molecule has 25 heavy (non-hydrogen) atoms. The van der Waals surface area contributed by atoms with Gasteiger partial charge in [-0.2, -0.15) is 5.10 Å². The van der Waals surface area contributed by atoms with E-state index in [1.165, 1.54) is 7.05 Å². The molecule has 1 N–H and O–H groups in total. The van der Waals surface area contributed by atoms with Crippen LogP contribution < -0.4 is 5.43 Å². The van der Waals surface area contributed by atoms with Gasteiger partial charge in [-0.15, -0.1) is 0 Å². The number of esters is 1. The first-order valence-corrected chi connectivity index (χ1v) is 7.51. The number of hydrogen-bond donors (Lipinski definition) is 1. The molecular weight excluding hydrogens is 408 g/mol. The minimum absolute atomic E-state index is 0.0666. The molecule has 1 aliphatic rings. The Labute approximate surface area is 148 Å². The molecule has 4 nitrogen and oxygen atoms in total. The molecule has 0 heterocycles. The average molecular weight is 419 g/mol. The highest BCUT2D eigenvalue weighted by molar-refractivity contribution is 9.10. The molecule has 1 aromatic rings. The van der Waals surface area contributed by atoms with E-state index in [4.69, 9.17) is 0 Å². The number of hydrazone groups is 1. The van der Waals surface area contributed by atoms with Crippen molar-refractivity contribution >= 4 is 33.2 Å². The standard InChI is InChI=1S/C16H11BrF4N2O2/c1-6-4-7(5-8(16(24)25-3)15(6)23-22-2)9-11(18)13(20)10(17)14(21)12(9)19/h4-5,22H,1H2,2-3H3/b23-15+. The van der Waals surface area contributed by atoms with Gasteiger partial charge in [-0.1, -0.05) is 6.58 Å². The van der Waals surface area contributed by atoms with Crippen molar-refractivity contribution in [2.24, 2.45) is 5.10 Å². The van der Waals surface area contributed by atoms with E-state index in [1.807, 2.05) is 0 Å². The van der Waals surface area contributed by atoms with Crippen LogP contribution in [0.3, 0.4) is 0 Å². The first kappa shape index (κ1) is 18.9. The zero-order chi connectivity index (χ0) is 18.9. The summed E-state index contributed by atoms with van der Waals surface area (Å²) < 4.78 is 59.6. The van der Waals surface area contributed by atoms with Crippen molar-refractivity contribution in [1.82, 2.24) is 5.43 Å². The number of benzene rings is 1. The lowest BCUT2D eigenvalue weighted by atomic mass is 9.89. The molecule has 0 spiro atoms. The van der Waals surface area contributed by atoms with Gasteiger partial charge in [-0.3, -0.25) is 0 Å². The highest BCUT2D eigenvalue weighted by atomic mass is 79.9. The van der Waals surface area contributed by atoms with Gasteiger partial charge in [0.2, 0.25) is 0 Å². The maximum atomic E-state index is 14.2. The van der Waals surface area contributed by atoms with Crippen LogP contribution in [0.5, 0.6) is 0 Å². The summed E-state index contributed by atoms with van der Waals surface area (Å²) in [5.41, 5.74) is 1.18. The molecular formula is C16H11BrF4N2O2. The predicted octanol–water partition coefficient (Wildman–Crippen LogP) is 3.63. The van der Waals surface area contributed by atoms with Gasteiger partial charge in [0.25, 0.3) is 0 Å². The Kier molecular flexibility index (Phi) is 5.46. The highest BCUT2D eigenvalue weighted by Gasteiger charge is 2.30. The summed E-state index contributed by atoms with van der Waals surface area (Å²) in [6, 6.07) is 0. The molecule has 1 aromatic carbocycles. The van der Waals surface area contributed by atoms with Crippen LogP contribution in [0.1, 0.15) is 5.56 Å². The topological polar surface area (TPSA) is 50.7 Å². The number of carbonyl (C=O) groups is 1. The Hall–Kier alpha value is -2.42. The molecule has 0 amide bonds. The Bertz CT molecular complexity index is 846. The molecule has 2 rings (SSSR count). The molecule has 0 aliphatic heterocycles. The summed E-state index contributed by atoms with van der Waals surface area (Å²) in [5, 5.41) is 3.85. The van der Waals surface area contributed by atoms with Crippen molar-refractivity contribution in [2.45, 2.75) is 0 Å². The van der Waals surface area contributed by atoms with E-state index in [1.54, 1.807) is 0 Å². The smallest absolute Gasteiger partial charge is 0.340 e. The van der Waals surface area contributed by atoms with Crippen molar-refractivity contribution < 1.29 is 27.1 Å². The lowest BCUT2D eigenvalue weighted by Gasteiger charge is -2.18. The van der Waals surface area contributed by atoms with Crippen molar-refractivity contribution in [2.75, 3.05) is 14.2 Å². The van der Waals surface area contributed by atoms with E-state index in [0.717, 1.165) is 19.3 Å². The van der Waals surface area contributed by atoms with Gasteiger partial charge >= 0.3 is 5.97 Å². The van der Waals surface area contributed by atoms with Gasteiger partial charge < -0.3 is 10.2 Å². The molecule has 0 saturated heterocycles. The second-order valence-corrected chi connectivity index (χ2v) is 5.60. The van der Waals surface area contributed by atoms with Gasteiger partial charge in [0, 0.05) is 7.05 Å². The van der Waals surface area contributed by atoms with Crippen LogP contribution in [-0.2, 0) is 9.53 Å². The van der Waals surface area contributed by atoms with Gasteiger partial charge in [0.1, 0.15) is 5.71 Å². The van der Waals surface area contributed by atoms with Crippen molar-refractivity contribution in [3.8, 4) is 0 Å². The Morgan fingerprint density at radius 1 is 1.16 bits per heavy atom. The molecule has 132 valence electrons. The van der Waals surface area contributed by atoms with Gasteiger partial charge in [0.15, 0.2) is 23.3 Å². The monoisotopic (exact) mass is 418 g/mol. The number of nitrogens with one attached hydrogen (secondary N) is 1. The summed E-state index contributed by atoms with van der Waals surface area (Å²) in [6.07, 6.45) is 2.17. The molecule has 0 bridgehead atoms. The summed E-state index contributed by atoms with van der Waals surface area (Å²) in [4.78, 5) is 11.9. The largest absolute Gasteiger partial charge is 0.465 e. The molecule has 0 unspecified atom stereocenters. The van der Waals surface area contributed by atoms with Crippen molar-refractivity contribution in [3.63, 3.8) is 0 Å². The second-order valence-electron chi connectivity index (χ2n) is 4.80. The first-order chi connectivity index (χ1) is 11.7. The van der Waals surface area contributed by atoms with Crippen LogP contribution >= 0.6 is 15.9 Å².